The molecule has 0 unspecified atom stereocenters. The Morgan fingerprint density at radius 3 is 2.42 bits per heavy atom. The molecule has 0 atom stereocenters. The summed E-state index contributed by atoms with van der Waals surface area (Å²) in [4.78, 5) is 17.6. The van der Waals surface area contributed by atoms with Gasteiger partial charge in [-0.25, -0.2) is 9.07 Å². The lowest BCUT2D eigenvalue weighted by Crippen LogP contribution is -2.33. The van der Waals surface area contributed by atoms with Crippen LogP contribution >= 0.6 is 0 Å². The van der Waals surface area contributed by atoms with Gasteiger partial charge in [0, 0.05) is 37.6 Å². The van der Waals surface area contributed by atoms with Crippen LogP contribution in [-0.2, 0) is 0 Å². The molecule has 1 aromatic heterocycles. The molecule has 0 bridgehead atoms. The van der Waals surface area contributed by atoms with Gasteiger partial charge >= 0.3 is 0 Å². The summed E-state index contributed by atoms with van der Waals surface area (Å²) in [5.74, 6) is -0.194. The van der Waals surface area contributed by atoms with Crippen molar-refractivity contribution in [2.24, 2.45) is 0 Å². The highest BCUT2D eigenvalue weighted by Crippen LogP contribution is 2.25. The first-order valence-electron chi connectivity index (χ1n) is 12.1. The molecule has 8 heteroatoms. The van der Waals surface area contributed by atoms with Crippen LogP contribution in [0.25, 0.3) is 16.5 Å². The van der Waals surface area contributed by atoms with Gasteiger partial charge in [0.15, 0.2) is 0 Å². The van der Waals surface area contributed by atoms with Gasteiger partial charge in [0.1, 0.15) is 17.2 Å². The lowest BCUT2D eigenvalue weighted by atomic mass is 10.1. The van der Waals surface area contributed by atoms with Crippen molar-refractivity contribution < 1.29 is 9.18 Å². The second-order valence-corrected chi connectivity index (χ2v) is 9.15. The van der Waals surface area contributed by atoms with E-state index in [0.29, 0.717) is 17.2 Å². The van der Waals surface area contributed by atoms with Crippen molar-refractivity contribution in [1.82, 2.24) is 14.7 Å². The van der Waals surface area contributed by atoms with Crippen molar-refractivity contribution in [1.29, 1.82) is 5.41 Å². The van der Waals surface area contributed by atoms with E-state index >= 15 is 0 Å². The maximum Gasteiger partial charge on any atom is 0.274 e. The van der Waals surface area contributed by atoms with Gasteiger partial charge in [-0.2, -0.15) is 5.10 Å². The minimum Gasteiger partial charge on any atom is -0.370 e. The number of hydrogen-bond donors (Lipinski definition) is 2. The molecule has 5 rings (SSSR count). The summed E-state index contributed by atoms with van der Waals surface area (Å²) in [6, 6.07) is 20.1. The fourth-order valence-corrected chi connectivity index (χ4v) is 4.67. The molecule has 7 nitrogen and oxygen atoms in total. The Bertz CT molecular complexity index is 1430. The Labute approximate surface area is 209 Å². The highest BCUT2D eigenvalue weighted by atomic mass is 19.1. The van der Waals surface area contributed by atoms with Crippen LogP contribution in [0.2, 0.25) is 0 Å². The molecule has 2 heterocycles. The first kappa shape index (κ1) is 23.5. The van der Waals surface area contributed by atoms with Crippen LogP contribution in [-0.4, -0.2) is 52.6 Å². The zero-order valence-corrected chi connectivity index (χ0v) is 20.5. The van der Waals surface area contributed by atoms with Crippen LogP contribution in [0.1, 0.15) is 29.5 Å². The highest BCUT2D eigenvalue weighted by molar-refractivity contribution is 6.03. The molecule has 1 aliphatic heterocycles. The monoisotopic (exact) mass is 484 g/mol. The molecule has 0 radical (unpaired) electrons. The van der Waals surface area contributed by atoms with E-state index in [1.165, 1.54) is 10.7 Å². The van der Waals surface area contributed by atoms with Crippen LogP contribution in [0.15, 0.2) is 66.7 Å². The molecule has 0 spiro atoms. The largest absolute Gasteiger partial charge is 0.370 e. The molecule has 36 heavy (non-hydrogen) atoms. The number of halogens is 1. The first-order valence-corrected chi connectivity index (χ1v) is 12.1. The third kappa shape index (κ3) is 4.79. The van der Waals surface area contributed by atoms with E-state index in [4.69, 9.17) is 5.41 Å². The number of carbonyl (C=O) groups excluding carboxylic acids is 1. The van der Waals surface area contributed by atoms with E-state index in [-0.39, 0.29) is 17.3 Å². The molecule has 0 aliphatic carbocycles. The van der Waals surface area contributed by atoms with Crippen molar-refractivity contribution in [2.45, 2.75) is 20.3 Å². The summed E-state index contributed by atoms with van der Waals surface area (Å²) in [6.07, 6.45) is 0.989. The molecule has 4 aromatic rings. The molecule has 3 aromatic carbocycles. The highest BCUT2D eigenvalue weighted by Gasteiger charge is 2.19. The van der Waals surface area contributed by atoms with Gasteiger partial charge in [-0.3, -0.25) is 10.2 Å². The molecule has 1 aliphatic rings. The molecule has 184 valence electrons. The average molecular weight is 485 g/mol. The lowest BCUT2D eigenvalue weighted by Gasteiger charge is -2.24. The summed E-state index contributed by atoms with van der Waals surface area (Å²) in [6.45, 7) is 7.09. The zero-order chi connectivity index (χ0) is 25.2. The third-order valence-corrected chi connectivity index (χ3v) is 6.57. The maximum absolute atomic E-state index is 15.0. The van der Waals surface area contributed by atoms with Gasteiger partial charge in [0.2, 0.25) is 0 Å². The van der Waals surface area contributed by atoms with E-state index in [0.717, 1.165) is 49.1 Å². The van der Waals surface area contributed by atoms with Crippen molar-refractivity contribution in [2.75, 3.05) is 36.4 Å². The Hall–Kier alpha value is -4.20. The second-order valence-electron chi connectivity index (χ2n) is 9.15. The minimum absolute atomic E-state index is 0.234. The van der Waals surface area contributed by atoms with Gasteiger partial charge < -0.3 is 15.1 Å². The Kier molecular flexibility index (Phi) is 6.41. The summed E-state index contributed by atoms with van der Waals surface area (Å²) in [5, 5.41) is 16.9. The van der Waals surface area contributed by atoms with E-state index < -0.39 is 5.82 Å². The standard InChI is InChI=1S/C28H29FN6O/c1-19-16-27(35(32-19)26-18-22-7-4-3-6-21(22)17-25(26)29)28(36)31-23-8-10-24(11-9-23)34-13-5-12-33(14-15-34)20(2)30/h3-4,6-11,16-18,30H,5,12-15H2,1-2H3,(H,31,36). The number of aryl methyl sites for hydroxylation is 1. The fourth-order valence-electron chi connectivity index (χ4n) is 4.67. The number of nitrogens with one attached hydrogen (secondary N) is 2. The minimum atomic E-state index is -0.440. The molecule has 1 fully saturated rings. The van der Waals surface area contributed by atoms with Crippen molar-refractivity contribution in [3.63, 3.8) is 0 Å². The summed E-state index contributed by atoms with van der Waals surface area (Å²) < 4.78 is 16.4. The third-order valence-electron chi connectivity index (χ3n) is 6.57. The maximum atomic E-state index is 15.0. The van der Waals surface area contributed by atoms with Crippen LogP contribution in [0.3, 0.4) is 0 Å². The number of amides is 1. The van der Waals surface area contributed by atoms with E-state index in [2.05, 4.69) is 20.2 Å². The number of hydrogen-bond acceptors (Lipinski definition) is 4. The first-order chi connectivity index (χ1) is 17.4. The number of amidine groups is 1. The predicted molar refractivity (Wildman–Crippen MR) is 142 cm³/mol. The SMILES string of the molecule is CC(=N)N1CCCN(c2ccc(NC(=O)c3cc(C)nn3-c3cc4ccccc4cc3F)cc2)CC1. The molecule has 0 saturated carbocycles. The number of nitrogens with zero attached hydrogens (tertiary/aromatic N) is 4. The van der Waals surface area contributed by atoms with Gasteiger partial charge in [-0.05, 0) is 73.5 Å². The summed E-state index contributed by atoms with van der Waals surface area (Å²) in [5.41, 5.74) is 2.85. The van der Waals surface area contributed by atoms with Crippen LogP contribution in [0, 0.1) is 18.2 Å². The normalized spacial score (nSPS) is 14.1. The Morgan fingerprint density at radius 1 is 0.972 bits per heavy atom. The van der Waals surface area contributed by atoms with Crippen LogP contribution in [0.4, 0.5) is 15.8 Å². The topological polar surface area (TPSA) is 77.2 Å². The molecule has 1 saturated heterocycles. The van der Waals surface area contributed by atoms with Crippen LogP contribution in [0.5, 0.6) is 0 Å². The summed E-state index contributed by atoms with van der Waals surface area (Å²) in [7, 11) is 0. The smallest absolute Gasteiger partial charge is 0.274 e. The van der Waals surface area contributed by atoms with E-state index in [1.54, 1.807) is 19.1 Å². The quantitative estimate of drug-likeness (QED) is 0.307. The molecule has 1 amide bonds. The van der Waals surface area contributed by atoms with Gasteiger partial charge in [-0.1, -0.05) is 24.3 Å². The number of fused-ring (bicyclic) bond motifs is 1. The number of aromatic nitrogens is 2. The van der Waals surface area contributed by atoms with Crippen molar-refractivity contribution in [3.05, 3.63) is 83.9 Å². The Balaban J connectivity index is 1.34. The van der Waals surface area contributed by atoms with Crippen molar-refractivity contribution >= 4 is 33.9 Å². The Morgan fingerprint density at radius 2 is 1.69 bits per heavy atom. The number of rotatable bonds is 4. The second kappa shape index (κ2) is 9.81. The van der Waals surface area contributed by atoms with E-state index in [9.17, 15) is 9.18 Å². The van der Waals surface area contributed by atoms with Gasteiger partial charge in [-0.15, -0.1) is 0 Å². The summed E-state index contributed by atoms with van der Waals surface area (Å²) >= 11 is 0. The average Bonchev–Trinajstić information content (AvgIpc) is 3.08. The number of benzene rings is 3. The van der Waals surface area contributed by atoms with Gasteiger partial charge in [0.05, 0.1) is 11.5 Å². The lowest BCUT2D eigenvalue weighted by molar-refractivity contribution is 0.101. The molecule has 2 N–H and O–H groups in total. The number of anilines is 2. The zero-order valence-electron chi connectivity index (χ0n) is 20.5. The van der Waals surface area contributed by atoms with E-state index in [1.807, 2.05) is 55.5 Å². The number of carbonyl (C=O) groups is 1. The fraction of sp³-hybridized carbons (Fsp3) is 0.250. The van der Waals surface area contributed by atoms with Crippen molar-refractivity contribution in [3.8, 4) is 5.69 Å². The van der Waals surface area contributed by atoms with Crippen LogP contribution < -0.4 is 10.2 Å². The predicted octanol–water partition coefficient (Wildman–Crippen LogP) is 5.23. The molecular formula is C28H29FN6O. The van der Waals surface area contributed by atoms with Gasteiger partial charge in [0.25, 0.3) is 5.91 Å². The molecular weight excluding hydrogens is 455 g/mol.